The van der Waals surface area contributed by atoms with Crippen LogP contribution in [0, 0.1) is 5.92 Å². The van der Waals surface area contributed by atoms with Crippen LogP contribution in [-0.4, -0.2) is 36.4 Å². The summed E-state index contributed by atoms with van der Waals surface area (Å²) in [6.45, 7) is 10.3. The molecule has 0 saturated carbocycles. The molecular weight excluding hydrogens is 444 g/mol. The number of hydrogen-bond acceptors (Lipinski definition) is 3. The molecule has 2 aromatic carbocycles. The van der Waals surface area contributed by atoms with Gasteiger partial charge in [0, 0.05) is 29.9 Å². The Hall–Kier alpha value is -2.34. The topological polar surface area (TPSA) is 58.6 Å². The van der Waals surface area contributed by atoms with Gasteiger partial charge in [0.1, 0.15) is 5.75 Å². The van der Waals surface area contributed by atoms with Crippen molar-refractivity contribution in [2.45, 2.75) is 40.5 Å². The number of hydrogen-bond donors (Lipinski definition) is 1. The van der Waals surface area contributed by atoms with E-state index < -0.39 is 0 Å². The van der Waals surface area contributed by atoms with E-state index >= 15 is 0 Å². The summed E-state index contributed by atoms with van der Waals surface area (Å²) in [5.41, 5.74) is 1.68. The molecule has 0 fully saturated rings. The van der Waals surface area contributed by atoms with Crippen LogP contribution in [0.3, 0.4) is 0 Å². The minimum Gasteiger partial charge on any atom is -0.492 e. The van der Waals surface area contributed by atoms with E-state index in [0.717, 1.165) is 30.4 Å². The van der Waals surface area contributed by atoms with Crippen molar-refractivity contribution in [3.05, 3.63) is 58.1 Å². The van der Waals surface area contributed by atoms with Crippen molar-refractivity contribution in [3.8, 4) is 5.75 Å². The molecular formula is C24H31BrN2O3. The van der Waals surface area contributed by atoms with Crippen molar-refractivity contribution in [3.63, 3.8) is 0 Å². The Kier molecular flexibility index (Phi) is 9.37. The predicted octanol–water partition coefficient (Wildman–Crippen LogP) is 6.00. The largest absolute Gasteiger partial charge is 0.492 e. The van der Waals surface area contributed by atoms with Gasteiger partial charge < -0.3 is 15.0 Å². The Labute approximate surface area is 187 Å². The Morgan fingerprint density at radius 3 is 2.33 bits per heavy atom. The van der Waals surface area contributed by atoms with Gasteiger partial charge in [-0.25, -0.2) is 0 Å². The van der Waals surface area contributed by atoms with E-state index in [0.29, 0.717) is 35.1 Å². The Morgan fingerprint density at radius 1 is 1.03 bits per heavy atom. The summed E-state index contributed by atoms with van der Waals surface area (Å²) in [6.07, 6.45) is 1.82. The van der Waals surface area contributed by atoms with E-state index in [4.69, 9.17) is 4.74 Å². The summed E-state index contributed by atoms with van der Waals surface area (Å²) < 4.78 is 6.47. The average molecular weight is 475 g/mol. The molecule has 0 atom stereocenters. The van der Waals surface area contributed by atoms with Crippen LogP contribution in [-0.2, 0) is 0 Å². The van der Waals surface area contributed by atoms with E-state index in [1.54, 1.807) is 42.5 Å². The van der Waals surface area contributed by atoms with Gasteiger partial charge >= 0.3 is 0 Å². The monoisotopic (exact) mass is 474 g/mol. The Balaban J connectivity index is 2.11. The van der Waals surface area contributed by atoms with Crippen molar-refractivity contribution >= 4 is 33.4 Å². The molecule has 30 heavy (non-hydrogen) atoms. The number of amides is 2. The highest BCUT2D eigenvalue weighted by Gasteiger charge is 2.16. The second-order valence-electron chi connectivity index (χ2n) is 7.68. The van der Waals surface area contributed by atoms with Crippen molar-refractivity contribution in [1.29, 1.82) is 0 Å². The zero-order valence-corrected chi connectivity index (χ0v) is 19.8. The fourth-order valence-electron chi connectivity index (χ4n) is 2.99. The quantitative estimate of drug-likeness (QED) is 0.459. The van der Waals surface area contributed by atoms with Crippen molar-refractivity contribution < 1.29 is 14.3 Å². The van der Waals surface area contributed by atoms with Gasteiger partial charge in [0.15, 0.2) is 0 Å². The predicted molar refractivity (Wildman–Crippen MR) is 125 cm³/mol. The molecule has 5 nitrogen and oxygen atoms in total. The molecule has 0 unspecified atom stereocenters. The first-order valence-electron chi connectivity index (χ1n) is 10.5. The number of carbonyl (C=O) groups is 2. The highest BCUT2D eigenvalue weighted by atomic mass is 79.9. The lowest BCUT2D eigenvalue weighted by Gasteiger charge is -2.21. The summed E-state index contributed by atoms with van der Waals surface area (Å²) >= 11 is 3.47. The van der Waals surface area contributed by atoms with E-state index in [2.05, 4.69) is 48.9 Å². The lowest BCUT2D eigenvalue weighted by molar-refractivity contribution is 0.0755. The number of ether oxygens (including phenoxy) is 1. The van der Waals surface area contributed by atoms with Crippen LogP contribution in [0.5, 0.6) is 5.75 Å². The smallest absolute Gasteiger partial charge is 0.255 e. The molecule has 0 spiro atoms. The first kappa shape index (κ1) is 23.9. The molecule has 2 rings (SSSR count). The number of nitrogens with zero attached hydrogens (tertiary/aromatic N) is 1. The molecule has 0 heterocycles. The van der Waals surface area contributed by atoms with E-state index in [1.165, 1.54) is 0 Å². The zero-order chi connectivity index (χ0) is 22.1. The Bertz CT molecular complexity index is 861. The first-order valence-corrected chi connectivity index (χ1v) is 11.3. The van der Waals surface area contributed by atoms with E-state index in [9.17, 15) is 9.59 Å². The maximum atomic E-state index is 12.8. The molecule has 1 N–H and O–H groups in total. The molecule has 0 bridgehead atoms. The highest BCUT2D eigenvalue weighted by molar-refractivity contribution is 9.10. The van der Waals surface area contributed by atoms with Gasteiger partial charge in [-0.2, -0.15) is 0 Å². The summed E-state index contributed by atoms with van der Waals surface area (Å²) in [7, 11) is 0. The second kappa shape index (κ2) is 11.7. The van der Waals surface area contributed by atoms with Gasteiger partial charge in [0.25, 0.3) is 11.8 Å². The van der Waals surface area contributed by atoms with Crippen LogP contribution in [0.1, 0.15) is 61.3 Å². The summed E-state index contributed by atoms with van der Waals surface area (Å²) in [6, 6.07) is 12.3. The number of anilines is 1. The maximum Gasteiger partial charge on any atom is 0.255 e. The average Bonchev–Trinajstić information content (AvgIpc) is 2.72. The van der Waals surface area contributed by atoms with Gasteiger partial charge in [-0.05, 0) is 71.1 Å². The minimum absolute atomic E-state index is 0.0100. The third-order valence-corrected chi connectivity index (χ3v) is 5.03. The second-order valence-corrected chi connectivity index (χ2v) is 8.53. The lowest BCUT2D eigenvalue weighted by atomic mass is 10.1. The molecule has 0 radical (unpaired) electrons. The number of carbonyl (C=O) groups excluding carboxylic acids is 2. The van der Waals surface area contributed by atoms with Crippen LogP contribution in [0.2, 0.25) is 0 Å². The van der Waals surface area contributed by atoms with Gasteiger partial charge in [-0.15, -0.1) is 0 Å². The Morgan fingerprint density at radius 2 is 1.73 bits per heavy atom. The van der Waals surface area contributed by atoms with Gasteiger partial charge in [0.05, 0.1) is 11.1 Å². The number of halogens is 1. The first-order chi connectivity index (χ1) is 14.3. The van der Waals surface area contributed by atoms with Crippen molar-refractivity contribution in [1.82, 2.24) is 4.90 Å². The zero-order valence-electron chi connectivity index (χ0n) is 18.2. The third-order valence-electron chi connectivity index (χ3n) is 4.41. The molecule has 0 aliphatic rings. The lowest BCUT2D eigenvalue weighted by Crippen LogP contribution is -2.32. The van der Waals surface area contributed by atoms with Gasteiger partial charge in [-0.3, -0.25) is 9.59 Å². The molecule has 0 aliphatic carbocycles. The van der Waals surface area contributed by atoms with Crippen LogP contribution in [0.15, 0.2) is 46.9 Å². The van der Waals surface area contributed by atoms with Gasteiger partial charge in [-0.1, -0.05) is 33.8 Å². The van der Waals surface area contributed by atoms with Crippen LogP contribution in [0.25, 0.3) is 0 Å². The van der Waals surface area contributed by atoms with E-state index in [-0.39, 0.29) is 11.8 Å². The van der Waals surface area contributed by atoms with Crippen molar-refractivity contribution in [2.75, 3.05) is 25.0 Å². The molecule has 2 amide bonds. The highest BCUT2D eigenvalue weighted by Crippen LogP contribution is 2.27. The fraction of sp³-hybridized carbons (Fsp3) is 0.417. The van der Waals surface area contributed by atoms with Crippen LogP contribution in [0.4, 0.5) is 5.69 Å². The number of benzene rings is 2. The summed E-state index contributed by atoms with van der Waals surface area (Å²) in [5, 5.41) is 2.88. The molecule has 0 aromatic heterocycles. The SMILES string of the molecule is CCCN(CCC)C(=O)c1cccc(NC(=O)c2ccc(OCC(C)C)c(Br)c2)c1. The van der Waals surface area contributed by atoms with Crippen LogP contribution < -0.4 is 10.1 Å². The molecule has 0 aliphatic heterocycles. The molecule has 2 aromatic rings. The molecule has 6 heteroatoms. The minimum atomic E-state index is -0.241. The van der Waals surface area contributed by atoms with Crippen molar-refractivity contribution in [2.24, 2.45) is 5.92 Å². The normalized spacial score (nSPS) is 10.7. The fourth-order valence-corrected chi connectivity index (χ4v) is 3.48. The van der Waals surface area contributed by atoms with Gasteiger partial charge in [0.2, 0.25) is 0 Å². The number of nitrogens with one attached hydrogen (secondary N) is 1. The maximum absolute atomic E-state index is 12.8. The summed E-state index contributed by atoms with van der Waals surface area (Å²) in [5.74, 6) is 0.874. The number of rotatable bonds is 10. The van der Waals surface area contributed by atoms with Crippen LogP contribution >= 0.6 is 15.9 Å². The molecule has 162 valence electrons. The summed E-state index contributed by atoms with van der Waals surface area (Å²) in [4.78, 5) is 27.4. The van der Waals surface area contributed by atoms with E-state index in [1.807, 2.05) is 4.90 Å². The third kappa shape index (κ3) is 6.87. The molecule has 0 saturated heterocycles. The standard InChI is InChI=1S/C24H31BrN2O3/c1-5-12-27(13-6-2)24(29)19-8-7-9-20(14-19)26-23(28)18-10-11-22(21(25)15-18)30-16-17(3)4/h7-11,14-15,17H,5-6,12-13,16H2,1-4H3,(H,26,28).